The molecule has 0 aliphatic carbocycles. The van der Waals surface area contributed by atoms with Gasteiger partial charge in [-0.05, 0) is 57.2 Å². The Morgan fingerprint density at radius 2 is 2.26 bits per heavy atom. The van der Waals surface area contributed by atoms with Crippen molar-refractivity contribution in [3.8, 4) is 0 Å². The molecule has 0 amide bonds. The second kappa shape index (κ2) is 6.01. The fourth-order valence-corrected chi connectivity index (χ4v) is 4.13. The Hall–Kier alpha value is -0.940. The third-order valence-corrected chi connectivity index (χ3v) is 5.70. The van der Waals surface area contributed by atoms with Crippen molar-refractivity contribution in [2.24, 2.45) is 0 Å². The average molecular weight is 282 g/mol. The van der Waals surface area contributed by atoms with Gasteiger partial charge in [-0.1, -0.05) is 0 Å². The van der Waals surface area contributed by atoms with E-state index in [0.29, 0.717) is 6.54 Å². The van der Waals surface area contributed by atoms with E-state index >= 15 is 0 Å². The topological polar surface area (TPSA) is 50.3 Å². The predicted molar refractivity (Wildman–Crippen MR) is 76.5 cm³/mol. The number of aromatic nitrogens is 1. The SMILES string of the molecule is CCS(=O)(=O)N1CCCC1CCc1ccnc(C)c1. The second-order valence-electron chi connectivity index (χ2n) is 5.15. The van der Waals surface area contributed by atoms with Gasteiger partial charge in [-0.3, -0.25) is 4.98 Å². The number of hydrogen-bond acceptors (Lipinski definition) is 3. The third-order valence-electron chi connectivity index (χ3n) is 3.77. The van der Waals surface area contributed by atoms with Crippen molar-refractivity contribution < 1.29 is 8.42 Å². The van der Waals surface area contributed by atoms with Gasteiger partial charge in [-0.2, -0.15) is 4.31 Å². The molecule has 1 aromatic heterocycles. The van der Waals surface area contributed by atoms with Crippen LogP contribution in [0.3, 0.4) is 0 Å². The van der Waals surface area contributed by atoms with Crippen molar-refractivity contribution in [1.29, 1.82) is 0 Å². The van der Waals surface area contributed by atoms with Crippen LogP contribution < -0.4 is 0 Å². The van der Waals surface area contributed by atoms with Crippen LogP contribution in [-0.2, 0) is 16.4 Å². The van der Waals surface area contributed by atoms with Crippen LogP contribution in [0.4, 0.5) is 0 Å². The molecular weight excluding hydrogens is 260 g/mol. The van der Waals surface area contributed by atoms with E-state index in [2.05, 4.69) is 11.1 Å². The highest BCUT2D eigenvalue weighted by atomic mass is 32.2. The summed E-state index contributed by atoms with van der Waals surface area (Å²) in [5, 5.41) is 0. The summed E-state index contributed by atoms with van der Waals surface area (Å²) in [4.78, 5) is 4.18. The zero-order chi connectivity index (χ0) is 13.9. The van der Waals surface area contributed by atoms with Crippen molar-refractivity contribution in [2.45, 2.75) is 45.6 Å². The standard InChI is InChI=1S/C14H22N2O2S/c1-3-19(17,18)16-10-4-5-14(16)7-6-13-8-9-15-12(2)11-13/h8-9,11,14H,3-7,10H2,1-2H3. The van der Waals surface area contributed by atoms with Crippen molar-refractivity contribution in [3.05, 3.63) is 29.6 Å². The molecular formula is C14H22N2O2S. The van der Waals surface area contributed by atoms with Crippen LogP contribution in [0.1, 0.15) is 37.4 Å². The van der Waals surface area contributed by atoms with Crippen LogP contribution in [0.5, 0.6) is 0 Å². The molecule has 0 spiro atoms. The van der Waals surface area contributed by atoms with Crippen molar-refractivity contribution >= 4 is 10.0 Å². The molecule has 2 rings (SSSR count). The molecule has 0 N–H and O–H groups in total. The highest BCUT2D eigenvalue weighted by Gasteiger charge is 2.32. The summed E-state index contributed by atoms with van der Waals surface area (Å²) in [5.41, 5.74) is 2.26. The van der Waals surface area contributed by atoms with Crippen LogP contribution >= 0.6 is 0 Å². The summed E-state index contributed by atoms with van der Waals surface area (Å²) in [5.74, 6) is 0.206. The van der Waals surface area contributed by atoms with Gasteiger partial charge < -0.3 is 0 Å². The first kappa shape index (κ1) is 14.5. The Morgan fingerprint density at radius 3 is 2.95 bits per heavy atom. The molecule has 1 atom stereocenters. The quantitative estimate of drug-likeness (QED) is 0.831. The highest BCUT2D eigenvalue weighted by Crippen LogP contribution is 2.25. The molecule has 0 saturated carbocycles. The fraction of sp³-hybridized carbons (Fsp3) is 0.643. The largest absolute Gasteiger partial charge is 0.262 e. The van der Waals surface area contributed by atoms with Gasteiger partial charge >= 0.3 is 0 Å². The lowest BCUT2D eigenvalue weighted by atomic mass is 10.0. The summed E-state index contributed by atoms with van der Waals surface area (Å²) in [6, 6.07) is 4.27. The van der Waals surface area contributed by atoms with E-state index in [4.69, 9.17) is 0 Å². The van der Waals surface area contributed by atoms with Crippen LogP contribution in [0.15, 0.2) is 18.3 Å². The lowest BCUT2D eigenvalue weighted by Gasteiger charge is -2.23. The van der Waals surface area contributed by atoms with Crippen molar-refractivity contribution in [3.63, 3.8) is 0 Å². The normalized spacial score (nSPS) is 20.8. The first-order valence-electron chi connectivity index (χ1n) is 6.94. The van der Waals surface area contributed by atoms with E-state index < -0.39 is 10.0 Å². The smallest absolute Gasteiger partial charge is 0.214 e. The van der Waals surface area contributed by atoms with Gasteiger partial charge in [-0.25, -0.2) is 8.42 Å². The summed E-state index contributed by atoms with van der Waals surface area (Å²) in [7, 11) is -3.04. The molecule has 106 valence electrons. The molecule has 0 bridgehead atoms. The first-order valence-corrected chi connectivity index (χ1v) is 8.55. The molecule has 4 nitrogen and oxygen atoms in total. The summed E-state index contributed by atoms with van der Waals surface area (Å²) < 4.78 is 25.7. The number of rotatable bonds is 5. The first-order chi connectivity index (χ1) is 9.03. The molecule has 5 heteroatoms. The van der Waals surface area contributed by atoms with Crippen molar-refractivity contribution in [2.75, 3.05) is 12.3 Å². The molecule has 1 aromatic rings. The van der Waals surface area contributed by atoms with E-state index in [-0.39, 0.29) is 11.8 Å². The monoisotopic (exact) mass is 282 g/mol. The van der Waals surface area contributed by atoms with E-state index in [1.807, 2.05) is 19.2 Å². The minimum Gasteiger partial charge on any atom is -0.262 e. The lowest BCUT2D eigenvalue weighted by Crippen LogP contribution is -2.36. The number of aryl methyl sites for hydroxylation is 2. The summed E-state index contributed by atoms with van der Waals surface area (Å²) in [6.07, 6.45) is 5.62. The second-order valence-corrected chi connectivity index (χ2v) is 7.36. The Bertz CT molecular complexity index is 528. The molecule has 1 unspecified atom stereocenters. The number of hydrogen-bond donors (Lipinski definition) is 0. The lowest BCUT2D eigenvalue weighted by molar-refractivity contribution is 0.371. The Labute approximate surface area is 115 Å². The molecule has 1 saturated heterocycles. The van der Waals surface area contributed by atoms with E-state index in [1.165, 1.54) is 5.56 Å². The molecule has 0 aromatic carbocycles. The zero-order valence-corrected chi connectivity index (χ0v) is 12.5. The van der Waals surface area contributed by atoms with Gasteiger partial charge in [0.25, 0.3) is 0 Å². The Balaban J connectivity index is 1.99. The molecule has 19 heavy (non-hydrogen) atoms. The molecule has 1 aliphatic rings. The molecule has 2 heterocycles. The Morgan fingerprint density at radius 1 is 1.47 bits per heavy atom. The van der Waals surface area contributed by atoms with E-state index in [1.54, 1.807) is 11.2 Å². The van der Waals surface area contributed by atoms with Gasteiger partial charge in [0.1, 0.15) is 0 Å². The van der Waals surface area contributed by atoms with Crippen LogP contribution in [0.2, 0.25) is 0 Å². The summed E-state index contributed by atoms with van der Waals surface area (Å²) >= 11 is 0. The minimum atomic E-state index is -3.04. The van der Waals surface area contributed by atoms with Crippen LogP contribution in [0.25, 0.3) is 0 Å². The molecule has 1 aliphatic heterocycles. The minimum absolute atomic E-state index is 0.179. The maximum Gasteiger partial charge on any atom is 0.214 e. The molecule has 0 radical (unpaired) electrons. The highest BCUT2D eigenvalue weighted by molar-refractivity contribution is 7.89. The zero-order valence-electron chi connectivity index (χ0n) is 11.7. The van der Waals surface area contributed by atoms with Gasteiger partial charge in [-0.15, -0.1) is 0 Å². The van der Waals surface area contributed by atoms with Crippen LogP contribution in [-0.4, -0.2) is 36.0 Å². The van der Waals surface area contributed by atoms with Gasteiger partial charge in [0.15, 0.2) is 0 Å². The van der Waals surface area contributed by atoms with Gasteiger partial charge in [0.2, 0.25) is 10.0 Å². The number of pyridine rings is 1. The van der Waals surface area contributed by atoms with Gasteiger partial charge in [0, 0.05) is 24.5 Å². The summed E-state index contributed by atoms with van der Waals surface area (Å²) in [6.45, 7) is 4.39. The van der Waals surface area contributed by atoms with Crippen molar-refractivity contribution in [1.82, 2.24) is 9.29 Å². The maximum absolute atomic E-state index is 12.0. The maximum atomic E-state index is 12.0. The predicted octanol–water partition coefficient (Wildman–Crippen LogP) is 2.14. The molecule has 1 fully saturated rings. The van der Waals surface area contributed by atoms with Gasteiger partial charge in [0.05, 0.1) is 5.75 Å². The fourth-order valence-electron chi connectivity index (χ4n) is 2.72. The average Bonchev–Trinajstić information content (AvgIpc) is 2.85. The van der Waals surface area contributed by atoms with E-state index in [0.717, 1.165) is 31.4 Å². The number of sulfonamides is 1. The number of nitrogens with zero attached hydrogens (tertiary/aromatic N) is 2. The van der Waals surface area contributed by atoms with Crippen LogP contribution in [0, 0.1) is 6.92 Å². The third kappa shape index (κ3) is 3.54. The Kier molecular flexibility index (Phi) is 4.58. The van der Waals surface area contributed by atoms with E-state index in [9.17, 15) is 8.42 Å².